The zero-order chi connectivity index (χ0) is 20.2. The number of hydrogen-bond donors (Lipinski definition) is 0. The van der Waals surface area contributed by atoms with E-state index < -0.39 is 0 Å². The predicted molar refractivity (Wildman–Crippen MR) is 116 cm³/mol. The lowest BCUT2D eigenvalue weighted by Gasteiger charge is -2.21. The van der Waals surface area contributed by atoms with E-state index in [-0.39, 0.29) is 5.91 Å². The molecular weight excluding hydrogens is 428 g/mol. The van der Waals surface area contributed by atoms with Crippen molar-refractivity contribution in [3.63, 3.8) is 0 Å². The summed E-state index contributed by atoms with van der Waals surface area (Å²) in [5.74, 6) is 0.535. The maximum absolute atomic E-state index is 12.2. The minimum absolute atomic E-state index is 0.109. The molecule has 7 nitrogen and oxygen atoms in total. The summed E-state index contributed by atoms with van der Waals surface area (Å²) >= 11 is 9.11. The van der Waals surface area contributed by atoms with Crippen molar-refractivity contribution in [1.82, 2.24) is 25.2 Å². The third-order valence-electron chi connectivity index (χ3n) is 4.84. The van der Waals surface area contributed by atoms with Crippen LogP contribution >= 0.6 is 34.7 Å². The number of amides is 1. The smallest absolute Gasteiger partial charge is 0.230 e. The zero-order valence-corrected chi connectivity index (χ0v) is 18.4. The van der Waals surface area contributed by atoms with Crippen LogP contribution in [0.25, 0.3) is 0 Å². The van der Waals surface area contributed by atoms with Gasteiger partial charge in [0.1, 0.15) is 0 Å². The number of anilines is 2. The molecule has 152 valence electrons. The predicted octanol–water partition coefficient (Wildman–Crippen LogP) is 5.27. The maximum Gasteiger partial charge on any atom is 0.230 e. The molecule has 4 rings (SSSR count). The average molecular weight is 449 g/mol. The number of halogens is 1. The second-order valence-electron chi connectivity index (χ2n) is 6.94. The summed E-state index contributed by atoms with van der Waals surface area (Å²) in [6, 6.07) is 7.61. The molecule has 0 atom stereocenters. The molecule has 1 aliphatic carbocycles. The van der Waals surface area contributed by atoms with Crippen LogP contribution in [-0.2, 0) is 10.5 Å². The van der Waals surface area contributed by atoms with Crippen LogP contribution in [0, 0.1) is 0 Å². The van der Waals surface area contributed by atoms with Gasteiger partial charge in [-0.2, -0.15) is 0 Å². The topological polar surface area (TPSA) is 76.8 Å². The first-order valence-corrected chi connectivity index (χ1v) is 11.8. The summed E-state index contributed by atoms with van der Waals surface area (Å²) in [6.45, 7) is 1.52. The first-order valence-electron chi connectivity index (χ1n) is 9.53. The van der Waals surface area contributed by atoms with E-state index in [1.54, 1.807) is 28.8 Å². The third-order valence-corrected chi connectivity index (χ3v) is 6.92. The summed E-state index contributed by atoms with van der Waals surface area (Å²) in [4.78, 5) is 18.5. The van der Waals surface area contributed by atoms with Crippen LogP contribution in [0.3, 0.4) is 0 Å². The number of thiazole rings is 1. The highest BCUT2D eigenvalue weighted by molar-refractivity contribution is 7.98. The minimum atomic E-state index is -0.109. The average Bonchev–Trinajstić information content (AvgIpc) is 3.36. The number of benzene rings is 1. The largest absolute Gasteiger partial charge is 0.274 e. The van der Waals surface area contributed by atoms with E-state index in [4.69, 9.17) is 11.6 Å². The first kappa shape index (κ1) is 20.3. The van der Waals surface area contributed by atoms with E-state index in [1.807, 2.05) is 22.2 Å². The molecule has 3 aromatic rings. The second-order valence-corrected chi connectivity index (χ2v) is 9.16. The monoisotopic (exact) mass is 448 g/mol. The van der Waals surface area contributed by atoms with Gasteiger partial charge in [0.2, 0.25) is 11.1 Å². The summed E-state index contributed by atoms with van der Waals surface area (Å²) in [7, 11) is 0. The number of nitrogens with zero attached hydrogens (tertiary/aromatic N) is 6. The van der Waals surface area contributed by atoms with Crippen molar-refractivity contribution in [2.45, 2.75) is 56.0 Å². The number of tetrazole rings is 1. The van der Waals surface area contributed by atoms with E-state index in [1.165, 1.54) is 37.5 Å². The summed E-state index contributed by atoms with van der Waals surface area (Å²) < 4.78 is 1.96. The molecule has 0 spiro atoms. The van der Waals surface area contributed by atoms with Crippen molar-refractivity contribution >= 4 is 51.4 Å². The Morgan fingerprint density at radius 3 is 2.93 bits per heavy atom. The van der Waals surface area contributed by atoms with E-state index in [0.717, 1.165) is 23.7 Å². The molecule has 0 N–H and O–H groups in total. The number of rotatable bonds is 6. The standard InChI is InChI=1S/C19H21ClN6OS2/c1-13(27)25(17-9-5-6-14(20)10-17)18-21-15(11-28-18)12-29-19-22-23-24-26(19)16-7-3-2-4-8-16/h5-6,9-11,16H,2-4,7-8,12H2,1H3. The molecule has 1 fully saturated rings. The van der Waals surface area contributed by atoms with Crippen LogP contribution in [0.5, 0.6) is 0 Å². The van der Waals surface area contributed by atoms with Gasteiger partial charge in [-0.25, -0.2) is 9.67 Å². The highest BCUT2D eigenvalue weighted by atomic mass is 35.5. The molecule has 1 amide bonds. The van der Waals surface area contributed by atoms with Crippen LogP contribution in [-0.4, -0.2) is 31.1 Å². The molecule has 29 heavy (non-hydrogen) atoms. The van der Waals surface area contributed by atoms with Gasteiger partial charge in [0.25, 0.3) is 0 Å². The minimum Gasteiger partial charge on any atom is -0.274 e. The van der Waals surface area contributed by atoms with Crippen molar-refractivity contribution in [1.29, 1.82) is 0 Å². The molecule has 0 bridgehead atoms. The number of aromatic nitrogens is 5. The lowest BCUT2D eigenvalue weighted by molar-refractivity contribution is -0.115. The molecule has 10 heteroatoms. The fourth-order valence-corrected chi connectivity index (χ4v) is 5.49. The molecule has 0 saturated heterocycles. The molecule has 2 heterocycles. The van der Waals surface area contributed by atoms with Gasteiger partial charge in [-0.15, -0.1) is 16.4 Å². The summed E-state index contributed by atoms with van der Waals surface area (Å²) in [5.41, 5.74) is 1.60. The second kappa shape index (κ2) is 9.23. The Hall–Kier alpha value is -1.97. The van der Waals surface area contributed by atoms with Gasteiger partial charge in [-0.3, -0.25) is 9.69 Å². The normalized spacial score (nSPS) is 14.8. The molecule has 0 radical (unpaired) electrons. The Kier molecular flexibility index (Phi) is 6.46. The molecule has 1 aliphatic rings. The summed E-state index contributed by atoms with van der Waals surface area (Å²) in [5, 5.41) is 16.3. The van der Waals surface area contributed by atoms with E-state index >= 15 is 0 Å². The van der Waals surface area contributed by atoms with Crippen LogP contribution in [0.1, 0.15) is 50.8 Å². The van der Waals surface area contributed by atoms with Gasteiger partial charge in [0, 0.05) is 23.1 Å². The van der Waals surface area contributed by atoms with Gasteiger partial charge in [0.15, 0.2) is 5.13 Å². The Balaban J connectivity index is 1.47. The Morgan fingerprint density at radius 2 is 2.17 bits per heavy atom. The fourth-order valence-electron chi connectivity index (χ4n) is 3.48. The van der Waals surface area contributed by atoms with Crippen LogP contribution in [0.2, 0.25) is 5.02 Å². The Bertz CT molecular complexity index is 985. The van der Waals surface area contributed by atoms with Crippen LogP contribution in [0.15, 0.2) is 34.8 Å². The Morgan fingerprint density at radius 1 is 1.34 bits per heavy atom. The van der Waals surface area contributed by atoms with Crippen molar-refractivity contribution in [2.24, 2.45) is 0 Å². The lowest BCUT2D eigenvalue weighted by atomic mass is 9.96. The number of carbonyl (C=O) groups is 1. The van der Waals surface area contributed by atoms with Gasteiger partial charge in [0.05, 0.1) is 17.4 Å². The number of thioether (sulfide) groups is 1. The van der Waals surface area contributed by atoms with Crippen LogP contribution < -0.4 is 4.90 Å². The van der Waals surface area contributed by atoms with E-state index in [2.05, 4.69) is 20.5 Å². The van der Waals surface area contributed by atoms with Crippen molar-refractivity contribution in [3.8, 4) is 0 Å². The molecule has 1 saturated carbocycles. The van der Waals surface area contributed by atoms with Crippen LogP contribution in [0.4, 0.5) is 10.8 Å². The molecule has 0 unspecified atom stereocenters. The molecular formula is C19H21ClN6OS2. The highest BCUT2D eigenvalue weighted by Gasteiger charge is 2.21. The Labute approximate surface area is 182 Å². The number of hydrogen-bond acceptors (Lipinski definition) is 7. The number of carbonyl (C=O) groups excluding carboxylic acids is 1. The van der Waals surface area contributed by atoms with Crippen molar-refractivity contribution in [3.05, 3.63) is 40.4 Å². The molecule has 0 aliphatic heterocycles. The third kappa shape index (κ3) is 4.79. The fraction of sp³-hybridized carbons (Fsp3) is 0.421. The van der Waals surface area contributed by atoms with E-state index in [0.29, 0.717) is 27.6 Å². The zero-order valence-electron chi connectivity index (χ0n) is 16.0. The quantitative estimate of drug-likeness (QED) is 0.478. The van der Waals surface area contributed by atoms with Gasteiger partial charge >= 0.3 is 0 Å². The van der Waals surface area contributed by atoms with Crippen molar-refractivity contribution in [2.75, 3.05) is 4.90 Å². The van der Waals surface area contributed by atoms with Crippen molar-refractivity contribution < 1.29 is 4.79 Å². The van der Waals surface area contributed by atoms with E-state index in [9.17, 15) is 4.79 Å². The molecule has 1 aromatic carbocycles. The lowest BCUT2D eigenvalue weighted by Crippen LogP contribution is -2.22. The van der Waals surface area contributed by atoms with Gasteiger partial charge in [-0.05, 0) is 41.5 Å². The SMILES string of the molecule is CC(=O)N(c1cccc(Cl)c1)c1nc(CSc2nnnn2C2CCCCC2)cs1. The van der Waals surface area contributed by atoms with Gasteiger partial charge in [-0.1, -0.05) is 48.7 Å². The summed E-state index contributed by atoms with van der Waals surface area (Å²) in [6.07, 6.45) is 6.02. The van der Waals surface area contributed by atoms with Gasteiger partial charge < -0.3 is 0 Å². The highest BCUT2D eigenvalue weighted by Crippen LogP contribution is 2.34. The first-order chi connectivity index (χ1) is 14.1. The maximum atomic E-state index is 12.2. The molecule has 2 aromatic heterocycles.